The van der Waals surface area contributed by atoms with Crippen LogP contribution in [0.4, 0.5) is 5.69 Å². The van der Waals surface area contributed by atoms with Crippen LogP contribution in [0.1, 0.15) is 13.3 Å². The zero-order valence-electron chi connectivity index (χ0n) is 14.0. The summed E-state index contributed by atoms with van der Waals surface area (Å²) in [4.78, 5) is 18.1. The first-order valence-corrected chi connectivity index (χ1v) is 9.11. The van der Waals surface area contributed by atoms with Crippen LogP contribution >= 0.6 is 23.8 Å². The summed E-state index contributed by atoms with van der Waals surface area (Å²) in [5.41, 5.74) is 1.81. The number of aromatic amines is 1. The highest BCUT2D eigenvalue weighted by Crippen LogP contribution is 2.15. The number of nitrogens with one attached hydrogen (secondary N) is 1. The van der Waals surface area contributed by atoms with Crippen LogP contribution in [0, 0.1) is 4.77 Å². The Hall–Kier alpha value is -2.11. The zero-order valence-corrected chi connectivity index (χ0v) is 15.6. The first kappa shape index (κ1) is 17.7. The van der Waals surface area contributed by atoms with Crippen molar-refractivity contribution in [3.63, 3.8) is 0 Å². The molecule has 0 aliphatic carbocycles. The lowest BCUT2D eigenvalue weighted by Crippen LogP contribution is -2.27. The quantitative estimate of drug-likeness (QED) is 0.640. The Kier molecular flexibility index (Phi) is 5.56. The van der Waals surface area contributed by atoms with E-state index in [1.54, 1.807) is 22.8 Å². The normalized spacial score (nSPS) is 11.0. The molecule has 0 spiro atoms. The van der Waals surface area contributed by atoms with E-state index in [0.29, 0.717) is 21.7 Å². The molecule has 0 aliphatic rings. The SMILES string of the molecule is CCN(CCCn1c(=S)[nH]c2ccc(Cl)cc2c1=O)c1ccccc1. The maximum absolute atomic E-state index is 12.7. The zero-order chi connectivity index (χ0) is 17.8. The van der Waals surface area contributed by atoms with E-state index in [-0.39, 0.29) is 5.56 Å². The number of rotatable bonds is 6. The largest absolute Gasteiger partial charge is 0.372 e. The van der Waals surface area contributed by atoms with Crippen molar-refractivity contribution in [1.82, 2.24) is 9.55 Å². The highest BCUT2D eigenvalue weighted by Gasteiger charge is 2.08. The summed E-state index contributed by atoms with van der Waals surface area (Å²) in [5, 5.41) is 1.11. The molecule has 0 saturated carbocycles. The number of halogens is 1. The monoisotopic (exact) mass is 373 g/mol. The van der Waals surface area contributed by atoms with Crippen LogP contribution < -0.4 is 10.5 Å². The van der Waals surface area contributed by atoms with Crippen LogP contribution in [-0.2, 0) is 6.54 Å². The number of hydrogen-bond donors (Lipinski definition) is 1. The third-order valence-electron chi connectivity index (χ3n) is 4.26. The van der Waals surface area contributed by atoms with Gasteiger partial charge < -0.3 is 9.88 Å². The Morgan fingerprint density at radius 2 is 1.96 bits per heavy atom. The molecule has 3 aromatic rings. The number of aromatic nitrogens is 2. The molecule has 0 aliphatic heterocycles. The smallest absolute Gasteiger partial charge is 0.262 e. The van der Waals surface area contributed by atoms with Crippen molar-refractivity contribution in [3.8, 4) is 0 Å². The molecule has 130 valence electrons. The molecule has 0 amide bonds. The molecular formula is C19H20ClN3OS. The average Bonchev–Trinajstić information content (AvgIpc) is 2.62. The second kappa shape index (κ2) is 7.85. The van der Waals surface area contributed by atoms with Gasteiger partial charge in [-0.05, 0) is 55.9 Å². The molecule has 0 fully saturated rings. The fourth-order valence-corrected chi connectivity index (χ4v) is 3.41. The standard InChI is InChI=1S/C19H20ClN3OS/c1-2-22(15-7-4-3-5-8-15)11-6-12-23-18(24)16-13-14(20)9-10-17(16)21-19(23)25/h3-5,7-10,13H,2,6,11-12H2,1H3,(H,21,25). The molecule has 1 N–H and O–H groups in total. The van der Waals surface area contributed by atoms with Crippen molar-refractivity contribution in [2.24, 2.45) is 0 Å². The van der Waals surface area contributed by atoms with Crippen LogP contribution in [0.3, 0.4) is 0 Å². The first-order valence-electron chi connectivity index (χ1n) is 8.32. The third kappa shape index (κ3) is 3.94. The lowest BCUT2D eigenvalue weighted by Gasteiger charge is -2.23. The van der Waals surface area contributed by atoms with E-state index in [1.807, 2.05) is 18.2 Å². The highest BCUT2D eigenvalue weighted by atomic mass is 35.5. The Balaban J connectivity index is 1.79. The summed E-state index contributed by atoms with van der Waals surface area (Å²) in [7, 11) is 0. The molecule has 1 heterocycles. The van der Waals surface area contributed by atoms with E-state index in [9.17, 15) is 4.79 Å². The topological polar surface area (TPSA) is 41.0 Å². The number of H-pyrrole nitrogens is 1. The van der Waals surface area contributed by atoms with Crippen LogP contribution in [0.25, 0.3) is 10.9 Å². The van der Waals surface area contributed by atoms with E-state index in [1.165, 1.54) is 5.69 Å². The first-order chi connectivity index (χ1) is 12.1. The number of benzene rings is 2. The van der Waals surface area contributed by atoms with Gasteiger partial charge in [0.2, 0.25) is 0 Å². The summed E-state index contributed by atoms with van der Waals surface area (Å²) in [6, 6.07) is 15.5. The lowest BCUT2D eigenvalue weighted by molar-refractivity contribution is 0.599. The van der Waals surface area contributed by atoms with E-state index in [4.69, 9.17) is 23.8 Å². The Morgan fingerprint density at radius 1 is 1.20 bits per heavy atom. The second-order valence-corrected chi connectivity index (χ2v) is 6.67. The summed E-state index contributed by atoms with van der Waals surface area (Å²) in [5.74, 6) is 0. The van der Waals surface area contributed by atoms with E-state index < -0.39 is 0 Å². The van der Waals surface area contributed by atoms with Gasteiger partial charge in [-0.3, -0.25) is 9.36 Å². The molecule has 2 aromatic carbocycles. The number of para-hydroxylation sites is 1. The summed E-state index contributed by atoms with van der Waals surface area (Å²) in [6.45, 7) is 4.47. The Bertz CT molecular complexity index is 981. The van der Waals surface area contributed by atoms with Crippen molar-refractivity contribution in [2.75, 3.05) is 18.0 Å². The summed E-state index contributed by atoms with van der Waals surface area (Å²) >= 11 is 11.4. The minimum atomic E-state index is -0.0935. The van der Waals surface area contributed by atoms with Crippen LogP contribution in [0.2, 0.25) is 5.02 Å². The van der Waals surface area contributed by atoms with Crippen LogP contribution in [-0.4, -0.2) is 22.6 Å². The van der Waals surface area contributed by atoms with Crippen molar-refractivity contribution >= 4 is 40.4 Å². The van der Waals surface area contributed by atoms with Gasteiger partial charge in [-0.25, -0.2) is 0 Å². The molecule has 0 unspecified atom stereocenters. The Labute approximate surface area is 156 Å². The lowest BCUT2D eigenvalue weighted by atomic mass is 10.2. The van der Waals surface area contributed by atoms with Crippen molar-refractivity contribution in [3.05, 3.63) is 68.7 Å². The summed E-state index contributed by atoms with van der Waals surface area (Å²) < 4.78 is 2.06. The molecular weight excluding hydrogens is 354 g/mol. The van der Waals surface area contributed by atoms with Gasteiger partial charge in [-0.15, -0.1) is 0 Å². The molecule has 0 atom stereocenters. The highest BCUT2D eigenvalue weighted by molar-refractivity contribution is 7.71. The molecule has 0 bridgehead atoms. The fraction of sp³-hybridized carbons (Fsp3) is 0.263. The number of fused-ring (bicyclic) bond motifs is 1. The molecule has 0 saturated heterocycles. The fourth-order valence-electron chi connectivity index (χ4n) is 2.95. The van der Waals surface area contributed by atoms with Crippen LogP contribution in [0.5, 0.6) is 0 Å². The minimum Gasteiger partial charge on any atom is -0.372 e. The predicted molar refractivity (Wildman–Crippen MR) is 107 cm³/mol. The number of anilines is 1. The number of hydrogen-bond acceptors (Lipinski definition) is 3. The van der Waals surface area contributed by atoms with Gasteiger partial charge in [0.15, 0.2) is 4.77 Å². The van der Waals surface area contributed by atoms with Crippen molar-refractivity contribution in [1.29, 1.82) is 0 Å². The third-order valence-corrected chi connectivity index (χ3v) is 4.81. The molecule has 25 heavy (non-hydrogen) atoms. The predicted octanol–water partition coefficient (Wildman–Crippen LogP) is 4.63. The molecule has 6 heteroatoms. The second-order valence-electron chi connectivity index (χ2n) is 5.85. The van der Waals surface area contributed by atoms with E-state index >= 15 is 0 Å². The van der Waals surface area contributed by atoms with Crippen molar-refractivity contribution in [2.45, 2.75) is 19.9 Å². The maximum atomic E-state index is 12.7. The maximum Gasteiger partial charge on any atom is 0.262 e. The van der Waals surface area contributed by atoms with Gasteiger partial charge in [-0.2, -0.15) is 0 Å². The summed E-state index contributed by atoms with van der Waals surface area (Å²) in [6.07, 6.45) is 0.826. The van der Waals surface area contributed by atoms with Crippen LogP contribution in [0.15, 0.2) is 53.3 Å². The molecule has 1 aromatic heterocycles. The number of nitrogens with zero attached hydrogens (tertiary/aromatic N) is 2. The Morgan fingerprint density at radius 3 is 2.68 bits per heavy atom. The molecule has 0 radical (unpaired) electrons. The molecule has 4 nitrogen and oxygen atoms in total. The van der Waals surface area contributed by atoms with Gasteiger partial charge in [0.05, 0.1) is 10.9 Å². The van der Waals surface area contributed by atoms with Gasteiger partial charge in [0.1, 0.15) is 0 Å². The minimum absolute atomic E-state index is 0.0935. The van der Waals surface area contributed by atoms with Crippen molar-refractivity contribution < 1.29 is 0 Å². The van der Waals surface area contributed by atoms with Gasteiger partial charge in [-0.1, -0.05) is 29.8 Å². The average molecular weight is 374 g/mol. The van der Waals surface area contributed by atoms with Gasteiger partial charge in [0, 0.05) is 30.3 Å². The van der Waals surface area contributed by atoms with Gasteiger partial charge in [0.25, 0.3) is 5.56 Å². The van der Waals surface area contributed by atoms with E-state index in [2.05, 4.69) is 28.9 Å². The molecule has 3 rings (SSSR count). The van der Waals surface area contributed by atoms with Gasteiger partial charge >= 0.3 is 0 Å². The van der Waals surface area contributed by atoms with E-state index in [0.717, 1.165) is 25.0 Å².